The SMILES string of the molecule is Cn1c(CC2CCNC2)noc1=O. The zero-order valence-electron chi connectivity index (χ0n) is 7.62. The van der Waals surface area contributed by atoms with Crippen molar-refractivity contribution in [2.45, 2.75) is 12.8 Å². The monoisotopic (exact) mass is 183 g/mol. The average molecular weight is 183 g/mol. The van der Waals surface area contributed by atoms with E-state index >= 15 is 0 Å². The van der Waals surface area contributed by atoms with Gasteiger partial charge in [0.05, 0.1) is 0 Å². The lowest BCUT2D eigenvalue weighted by molar-refractivity contribution is 0.373. The van der Waals surface area contributed by atoms with Gasteiger partial charge >= 0.3 is 5.76 Å². The molecule has 0 bridgehead atoms. The summed E-state index contributed by atoms with van der Waals surface area (Å²) in [6.45, 7) is 2.08. The molecule has 5 nitrogen and oxygen atoms in total. The summed E-state index contributed by atoms with van der Waals surface area (Å²) in [5.74, 6) is 0.968. The lowest BCUT2D eigenvalue weighted by Crippen LogP contribution is -2.16. The van der Waals surface area contributed by atoms with E-state index in [4.69, 9.17) is 0 Å². The van der Waals surface area contributed by atoms with Crippen LogP contribution in [0, 0.1) is 5.92 Å². The van der Waals surface area contributed by atoms with Gasteiger partial charge in [0.1, 0.15) is 0 Å². The number of rotatable bonds is 2. The van der Waals surface area contributed by atoms with Crippen molar-refractivity contribution in [2.24, 2.45) is 13.0 Å². The molecule has 2 heterocycles. The number of nitrogens with zero attached hydrogens (tertiary/aromatic N) is 2. The van der Waals surface area contributed by atoms with Gasteiger partial charge in [0, 0.05) is 13.5 Å². The highest BCUT2D eigenvalue weighted by molar-refractivity contribution is 4.88. The number of aromatic nitrogens is 2. The first kappa shape index (κ1) is 8.50. The van der Waals surface area contributed by atoms with E-state index in [0.717, 1.165) is 31.8 Å². The molecule has 72 valence electrons. The normalized spacial score (nSPS) is 22.4. The van der Waals surface area contributed by atoms with Crippen LogP contribution in [0.3, 0.4) is 0 Å². The molecule has 1 aliphatic rings. The maximum absolute atomic E-state index is 10.9. The number of hydrogen-bond donors (Lipinski definition) is 1. The fourth-order valence-electron chi connectivity index (χ4n) is 1.64. The third-order valence-corrected chi connectivity index (χ3v) is 2.52. The molecule has 1 unspecified atom stereocenters. The Morgan fingerprint density at radius 3 is 3.15 bits per heavy atom. The summed E-state index contributed by atoms with van der Waals surface area (Å²) in [7, 11) is 1.69. The van der Waals surface area contributed by atoms with Crippen molar-refractivity contribution in [1.29, 1.82) is 0 Å². The molecule has 1 aromatic rings. The van der Waals surface area contributed by atoms with Gasteiger partial charge in [-0.2, -0.15) is 0 Å². The molecule has 1 N–H and O–H groups in total. The second-order valence-corrected chi connectivity index (χ2v) is 3.49. The highest BCUT2D eigenvalue weighted by Crippen LogP contribution is 2.12. The van der Waals surface area contributed by atoms with E-state index in [1.807, 2.05) is 0 Å². The predicted octanol–water partition coefficient (Wildman–Crippen LogP) is -0.475. The van der Waals surface area contributed by atoms with E-state index in [1.165, 1.54) is 4.57 Å². The Morgan fingerprint density at radius 2 is 2.62 bits per heavy atom. The Balaban J connectivity index is 2.08. The number of nitrogens with one attached hydrogen (secondary N) is 1. The van der Waals surface area contributed by atoms with Crippen molar-refractivity contribution in [1.82, 2.24) is 15.0 Å². The molecule has 13 heavy (non-hydrogen) atoms. The molecule has 0 aliphatic carbocycles. The van der Waals surface area contributed by atoms with E-state index in [9.17, 15) is 4.79 Å². The molecule has 1 atom stereocenters. The van der Waals surface area contributed by atoms with Gasteiger partial charge in [0.2, 0.25) is 0 Å². The molecule has 0 aromatic carbocycles. The number of hydrogen-bond acceptors (Lipinski definition) is 4. The van der Waals surface area contributed by atoms with Crippen LogP contribution >= 0.6 is 0 Å². The maximum atomic E-state index is 10.9. The van der Waals surface area contributed by atoms with Crippen molar-refractivity contribution in [2.75, 3.05) is 13.1 Å². The molecular formula is C8H13N3O2. The second-order valence-electron chi connectivity index (χ2n) is 3.49. The minimum absolute atomic E-state index is 0.374. The van der Waals surface area contributed by atoms with Gasteiger partial charge in [-0.25, -0.2) is 4.79 Å². The minimum Gasteiger partial charge on any atom is -0.316 e. The van der Waals surface area contributed by atoms with Crippen LogP contribution in [0.25, 0.3) is 0 Å². The summed E-state index contributed by atoms with van der Waals surface area (Å²) < 4.78 is 6.01. The standard InChI is InChI=1S/C8H13N3O2/c1-11-7(10-13-8(11)12)4-6-2-3-9-5-6/h6,9H,2-5H2,1H3. The van der Waals surface area contributed by atoms with Crippen molar-refractivity contribution in [3.63, 3.8) is 0 Å². The quantitative estimate of drug-likeness (QED) is 0.673. The fourth-order valence-corrected chi connectivity index (χ4v) is 1.64. The van der Waals surface area contributed by atoms with Gasteiger partial charge in [-0.15, -0.1) is 0 Å². The topological polar surface area (TPSA) is 60.1 Å². The first-order valence-electron chi connectivity index (χ1n) is 4.49. The average Bonchev–Trinajstić information content (AvgIpc) is 2.71. The second kappa shape index (κ2) is 3.33. The smallest absolute Gasteiger partial charge is 0.316 e. The Labute approximate surface area is 75.7 Å². The third-order valence-electron chi connectivity index (χ3n) is 2.52. The Kier molecular flexibility index (Phi) is 2.18. The summed E-state index contributed by atoms with van der Waals surface area (Å²) in [6.07, 6.45) is 1.98. The van der Waals surface area contributed by atoms with E-state index in [1.54, 1.807) is 7.05 Å². The molecule has 5 heteroatoms. The predicted molar refractivity (Wildman–Crippen MR) is 46.4 cm³/mol. The van der Waals surface area contributed by atoms with Crippen LogP contribution < -0.4 is 11.1 Å². The van der Waals surface area contributed by atoms with Crippen LogP contribution in [0.1, 0.15) is 12.2 Å². The third kappa shape index (κ3) is 1.65. The zero-order chi connectivity index (χ0) is 9.26. The summed E-state index contributed by atoms with van der Waals surface area (Å²) in [6, 6.07) is 0. The molecular weight excluding hydrogens is 170 g/mol. The lowest BCUT2D eigenvalue weighted by Gasteiger charge is -2.04. The van der Waals surface area contributed by atoms with Crippen molar-refractivity contribution in [3.05, 3.63) is 16.4 Å². The first-order valence-corrected chi connectivity index (χ1v) is 4.49. The van der Waals surface area contributed by atoms with Crippen molar-refractivity contribution >= 4 is 0 Å². The van der Waals surface area contributed by atoms with Crippen LogP contribution in [0.2, 0.25) is 0 Å². The maximum Gasteiger partial charge on any atom is 0.441 e. The van der Waals surface area contributed by atoms with Crippen LogP contribution in [0.4, 0.5) is 0 Å². The fraction of sp³-hybridized carbons (Fsp3) is 0.750. The van der Waals surface area contributed by atoms with Crippen LogP contribution in [0.5, 0.6) is 0 Å². The van der Waals surface area contributed by atoms with E-state index in [2.05, 4.69) is 15.0 Å². The van der Waals surface area contributed by atoms with Crippen LogP contribution in [-0.2, 0) is 13.5 Å². The van der Waals surface area contributed by atoms with Gasteiger partial charge < -0.3 is 5.32 Å². The molecule has 0 saturated carbocycles. The summed E-state index contributed by atoms with van der Waals surface area (Å²) in [4.78, 5) is 10.9. The van der Waals surface area contributed by atoms with E-state index < -0.39 is 0 Å². The van der Waals surface area contributed by atoms with Gasteiger partial charge in [-0.3, -0.25) is 9.09 Å². The zero-order valence-corrected chi connectivity index (χ0v) is 7.62. The van der Waals surface area contributed by atoms with Crippen molar-refractivity contribution in [3.8, 4) is 0 Å². The Bertz CT molecular complexity index is 335. The van der Waals surface area contributed by atoms with Crippen molar-refractivity contribution < 1.29 is 4.52 Å². The van der Waals surface area contributed by atoms with E-state index in [0.29, 0.717) is 5.92 Å². The molecule has 0 spiro atoms. The van der Waals surface area contributed by atoms with E-state index in [-0.39, 0.29) is 5.76 Å². The van der Waals surface area contributed by atoms with Gasteiger partial charge in [0.25, 0.3) is 0 Å². The van der Waals surface area contributed by atoms with Crippen LogP contribution in [0.15, 0.2) is 9.32 Å². The van der Waals surface area contributed by atoms with Gasteiger partial charge in [0.15, 0.2) is 5.82 Å². The van der Waals surface area contributed by atoms with Crippen LogP contribution in [-0.4, -0.2) is 22.8 Å². The molecule has 1 aliphatic heterocycles. The molecule has 0 amide bonds. The molecule has 1 aromatic heterocycles. The molecule has 1 saturated heterocycles. The highest BCUT2D eigenvalue weighted by Gasteiger charge is 2.18. The highest BCUT2D eigenvalue weighted by atomic mass is 16.5. The molecule has 2 rings (SSSR count). The summed E-state index contributed by atoms with van der Waals surface area (Å²) in [5.41, 5.74) is 0. The lowest BCUT2D eigenvalue weighted by atomic mass is 10.1. The Morgan fingerprint density at radius 1 is 1.77 bits per heavy atom. The minimum atomic E-state index is -0.374. The summed E-state index contributed by atoms with van der Waals surface area (Å²) >= 11 is 0. The largest absolute Gasteiger partial charge is 0.441 e. The summed E-state index contributed by atoms with van der Waals surface area (Å²) in [5, 5.41) is 7.00. The Hall–Kier alpha value is -1.10. The molecule has 1 fully saturated rings. The van der Waals surface area contributed by atoms with Gasteiger partial charge in [-0.05, 0) is 25.4 Å². The molecule has 0 radical (unpaired) electrons. The van der Waals surface area contributed by atoms with Gasteiger partial charge in [-0.1, -0.05) is 5.16 Å². The first-order chi connectivity index (χ1) is 6.27.